The van der Waals surface area contributed by atoms with E-state index in [0.29, 0.717) is 25.2 Å². The van der Waals surface area contributed by atoms with Crippen molar-refractivity contribution < 1.29 is 23.7 Å². The van der Waals surface area contributed by atoms with Crippen molar-refractivity contribution in [3.63, 3.8) is 0 Å². The Morgan fingerprint density at radius 2 is 1.94 bits per heavy atom. The van der Waals surface area contributed by atoms with Crippen LogP contribution < -0.4 is 0 Å². The lowest BCUT2D eigenvalue weighted by Crippen LogP contribution is -2.65. The molecule has 6 atom stereocenters. The van der Waals surface area contributed by atoms with E-state index < -0.39 is 11.0 Å². The van der Waals surface area contributed by atoms with E-state index in [0.717, 1.165) is 44.8 Å². The number of hydrogen-bond donors (Lipinski definition) is 0. The highest BCUT2D eigenvalue weighted by molar-refractivity contribution is 6.46. The summed E-state index contributed by atoms with van der Waals surface area (Å²) in [5, 5.41) is 0. The van der Waals surface area contributed by atoms with E-state index in [1.165, 1.54) is 5.57 Å². The van der Waals surface area contributed by atoms with E-state index in [1.807, 2.05) is 6.08 Å². The second-order valence-corrected chi connectivity index (χ2v) is 11.2. The molecule has 1 spiro atoms. The molecule has 168 valence electrons. The number of allylic oxidation sites excluding steroid dienone is 1. The number of fused-ring (bicyclic) bond motifs is 6. The maximum atomic E-state index is 13.8. The first-order valence-corrected chi connectivity index (χ1v) is 12.3. The Labute approximate surface area is 185 Å². The van der Waals surface area contributed by atoms with Gasteiger partial charge in [0, 0.05) is 24.2 Å². The Hall–Kier alpha value is -1.27. The molecule has 4 aliphatic carbocycles. The average molecular weight is 426 g/mol. The fraction of sp³-hybridized carbons (Fsp3) is 0.800. The first-order valence-electron chi connectivity index (χ1n) is 12.3. The van der Waals surface area contributed by atoms with Crippen LogP contribution in [0, 0.1) is 28.6 Å². The monoisotopic (exact) mass is 426 g/mol. The molecule has 0 amide bonds. The summed E-state index contributed by atoms with van der Waals surface area (Å²) in [5.41, 5.74) is -0.352. The maximum absolute atomic E-state index is 13.8. The van der Waals surface area contributed by atoms with Gasteiger partial charge in [0.15, 0.2) is 11.6 Å². The number of carbonyl (C=O) groups excluding carboxylic acids is 3. The molecule has 0 radical (unpaired) electrons. The molecule has 0 aromatic heterocycles. The minimum atomic E-state index is -0.880. The molecule has 0 aromatic carbocycles. The van der Waals surface area contributed by atoms with Gasteiger partial charge in [-0.15, -0.1) is 0 Å². The highest BCUT2D eigenvalue weighted by Crippen LogP contribution is 2.67. The Balaban J connectivity index is 1.48. The van der Waals surface area contributed by atoms with Crippen LogP contribution in [-0.2, 0) is 23.7 Å². The Morgan fingerprint density at radius 1 is 1.13 bits per heavy atom. The van der Waals surface area contributed by atoms with Crippen molar-refractivity contribution in [3.8, 4) is 0 Å². The largest absolute Gasteiger partial charge is 0.457 e. The highest BCUT2D eigenvalue weighted by atomic mass is 16.6. The second-order valence-electron chi connectivity index (χ2n) is 11.2. The molecule has 5 rings (SSSR count). The summed E-state index contributed by atoms with van der Waals surface area (Å²) in [6.45, 7) is 6.61. The van der Waals surface area contributed by atoms with Gasteiger partial charge in [0.05, 0.1) is 6.61 Å². The van der Waals surface area contributed by atoms with Gasteiger partial charge in [0.1, 0.15) is 11.4 Å². The third-order valence-corrected chi connectivity index (χ3v) is 9.75. The predicted molar refractivity (Wildman–Crippen MR) is 117 cm³/mol. The fourth-order valence-corrected chi connectivity index (χ4v) is 8.15. The lowest BCUT2D eigenvalue weighted by Gasteiger charge is -2.59. The molecule has 3 saturated carbocycles. The molecule has 1 aliphatic heterocycles. The molecule has 0 aromatic rings. The molecule has 5 aliphatic rings. The first kappa shape index (κ1) is 21.6. The second kappa shape index (κ2) is 7.38. The fourth-order valence-electron chi connectivity index (χ4n) is 8.15. The first-order chi connectivity index (χ1) is 14.7. The zero-order chi connectivity index (χ0) is 22.0. The number of rotatable bonds is 3. The smallest absolute Gasteiger partial charge is 0.404 e. The highest BCUT2D eigenvalue weighted by Gasteiger charge is 2.70. The van der Waals surface area contributed by atoms with E-state index in [2.05, 4.69) is 20.8 Å². The standard InChI is InChI=1S/C25H35BO5/c1-4-5-12-26-30-15-21(29)25(31-26)11-9-19-18-7-6-16-13-17(27)8-10-23(16,2)22(18)20(28)14-24(19,25)3/h13,18-19,22H,4-12,14-15H2,1-3H3. The van der Waals surface area contributed by atoms with E-state index in [9.17, 15) is 14.4 Å². The molecule has 6 heteroatoms. The SMILES string of the molecule is CCCCB1OCC(=O)C2(CCC3C4CCC5=CC(=O)CCC5(C)C4C(=O)CC32C)O1. The number of carbonyl (C=O) groups is 3. The van der Waals surface area contributed by atoms with Crippen molar-refractivity contribution >= 4 is 24.5 Å². The van der Waals surface area contributed by atoms with Gasteiger partial charge in [-0.05, 0) is 61.8 Å². The predicted octanol–water partition coefficient (Wildman–Crippen LogP) is 4.34. The lowest BCUT2D eigenvalue weighted by molar-refractivity contribution is -0.174. The van der Waals surface area contributed by atoms with Crippen LogP contribution in [0.15, 0.2) is 11.6 Å². The van der Waals surface area contributed by atoms with Crippen LogP contribution in [0.3, 0.4) is 0 Å². The Kier molecular flexibility index (Phi) is 5.13. The minimum absolute atomic E-state index is 0.0281. The number of unbranched alkanes of at least 4 members (excludes halogenated alkanes) is 1. The zero-order valence-corrected chi connectivity index (χ0v) is 19.2. The van der Waals surface area contributed by atoms with Crippen LogP contribution in [0.5, 0.6) is 0 Å². The molecule has 31 heavy (non-hydrogen) atoms. The van der Waals surface area contributed by atoms with Crippen LogP contribution in [0.2, 0.25) is 6.32 Å². The van der Waals surface area contributed by atoms with Crippen LogP contribution in [0.1, 0.15) is 78.6 Å². The van der Waals surface area contributed by atoms with Crippen LogP contribution in [0.25, 0.3) is 0 Å². The third kappa shape index (κ3) is 2.93. The van der Waals surface area contributed by atoms with E-state index in [1.54, 1.807) is 0 Å². The number of ketones is 3. The summed E-state index contributed by atoms with van der Waals surface area (Å²) in [7, 11) is -0.344. The summed E-state index contributed by atoms with van der Waals surface area (Å²) in [6.07, 6.45) is 9.89. The van der Waals surface area contributed by atoms with E-state index in [-0.39, 0.29) is 48.3 Å². The Bertz CT molecular complexity index is 851. The number of Topliss-reactive ketones (excluding diaryl/α,β-unsaturated/α-hetero) is 2. The van der Waals surface area contributed by atoms with Crippen LogP contribution in [-0.4, -0.2) is 36.7 Å². The van der Waals surface area contributed by atoms with Gasteiger partial charge in [0.2, 0.25) is 0 Å². The van der Waals surface area contributed by atoms with Crippen molar-refractivity contribution in [2.24, 2.45) is 28.6 Å². The minimum Gasteiger partial charge on any atom is -0.404 e. The van der Waals surface area contributed by atoms with E-state index in [4.69, 9.17) is 9.31 Å². The molecule has 1 heterocycles. The third-order valence-electron chi connectivity index (χ3n) is 9.75. The van der Waals surface area contributed by atoms with Crippen molar-refractivity contribution in [1.82, 2.24) is 0 Å². The van der Waals surface area contributed by atoms with Crippen LogP contribution in [0.4, 0.5) is 0 Å². The van der Waals surface area contributed by atoms with Gasteiger partial charge in [-0.3, -0.25) is 14.4 Å². The topological polar surface area (TPSA) is 69.7 Å². The van der Waals surface area contributed by atoms with Gasteiger partial charge in [-0.2, -0.15) is 0 Å². The summed E-state index contributed by atoms with van der Waals surface area (Å²) in [6, 6.07) is 0. The van der Waals surface area contributed by atoms with Gasteiger partial charge in [-0.25, -0.2) is 0 Å². The summed E-state index contributed by atoms with van der Waals surface area (Å²) < 4.78 is 12.3. The molecule has 4 fully saturated rings. The molecule has 5 nitrogen and oxygen atoms in total. The normalized spacial score (nSPS) is 44.7. The summed E-state index contributed by atoms with van der Waals surface area (Å²) >= 11 is 0. The molecular weight excluding hydrogens is 391 g/mol. The maximum Gasteiger partial charge on any atom is 0.457 e. The van der Waals surface area contributed by atoms with Gasteiger partial charge >= 0.3 is 7.12 Å². The summed E-state index contributed by atoms with van der Waals surface area (Å²) in [5.74, 6) is 1.06. The van der Waals surface area contributed by atoms with Crippen molar-refractivity contribution in [2.75, 3.05) is 6.61 Å². The molecule has 6 unspecified atom stereocenters. The van der Waals surface area contributed by atoms with E-state index >= 15 is 0 Å². The quantitative estimate of drug-likeness (QED) is 0.628. The van der Waals surface area contributed by atoms with Crippen molar-refractivity contribution in [3.05, 3.63) is 11.6 Å². The summed E-state index contributed by atoms with van der Waals surface area (Å²) in [4.78, 5) is 39.1. The molecule has 0 N–H and O–H groups in total. The lowest BCUT2D eigenvalue weighted by atomic mass is 9.45. The van der Waals surface area contributed by atoms with Gasteiger partial charge in [0.25, 0.3) is 0 Å². The number of hydrogen-bond acceptors (Lipinski definition) is 5. The van der Waals surface area contributed by atoms with Gasteiger partial charge < -0.3 is 9.31 Å². The average Bonchev–Trinajstić information content (AvgIpc) is 3.01. The Morgan fingerprint density at radius 3 is 2.71 bits per heavy atom. The van der Waals surface area contributed by atoms with Gasteiger partial charge in [-0.1, -0.05) is 39.2 Å². The molecule has 1 saturated heterocycles. The zero-order valence-electron chi connectivity index (χ0n) is 19.2. The van der Waals surface area contributed by atoms with Crippen LogP contribution >= 0.6 is 0 Å². The molecule has 0 bridgehead atoms. The van der Waals surface area contributed by atoms with Crippen molar-refractivity contribution in [2.45, 2.75) is 90.5 Å². The molecular formula is C25H35BO5. The van der Waals surface area contributed by atoms with Crippen molar-refractivity contribution in [1.29, 1.82) is 0 Å².